The molecular weight excluding hydrogens is 428 g/mol. The lowest BCUT2D eigenvalue weighted by Crippen LogP contribution is -2.50. The van der Waals surface area contributed by atoms with Crippen LogP contribution in [0.1, 0.15) is 27.0 Å². The van der Waals surface area contributed by atoms with Crippen molar-refractivity contribution < 1.29 is 14.3 Å². The van der Waals surface area contributed by atoms with Crippen LogP contribution >= 0.6 is 0 Å². The molecule has 2 amide bonds. The van der Waals surface area contributed by atoms with Gasteiger partial charge >= 0.3 is 0 Å². The Labute approximate surface area is 200 Å². The fourth-order valence-electron chi connectivity index (χ4n) is 4.16. The molecule has 0 saturated carbocycles. The van der Waals surface area contributed by atoms with Crippen molar-refractivity contribution in [2.24, 2.45) is 0 Å². The first-order valence-corrected chi connectivity index (χ1v) is 11.5. The summed E-state index contributed by atoms with van der Waals surface area (Å²) < 4.78 is 6.02. The van der Waals surface area contributed by atoms with Gasteiger partial charge in [-0.05, 0) is 55.3 Å². The number of hydrogen-bond acceptors (Lipinski definition) is 5. The summed E-state index contributed by atoms with van der Waals surface area (Å²) in [5.74, 6) is 0.771. The zero-order chi connectivity index (χ0) is 23.9. The van der Waals surface area contributed by atoms with Gasteiger partial charge in [-0.1, -0.05) is 24.3 Å². The number of nitrogens with one attached hydrogen (secondary N) is 1. The largest absolute Gasteiger partial charge is 0.488 e. The van der Waals surface area contributed by atoms with Crippen LogP contribution in [0.5, 0.6) is 5.75 Å². The van der Waals surface area contributed by atoms with Crippen LogP contribution in [0.3, 0.4) is 0 Å². The predicted octanol–water partition coefficient (Wildman–Crippen LogP) is 3.67. The van der Waals surface area contributed by atoms with E-state index in [1.807, 2.05) is 73.3 Å². The highest BCUT2D eigenvalue weighted by Crippen LogP contribution is 2.26. The number of para-hydroxylation sites is 1. The standard InChI is InChI=1S/C27H30N4O3/c1-20-15-23(16-21(2)26(20)34-19-22-7-6-10-28-17-22)27(33)31-13-11-30(12-14-31)18-25(32)29-24-8-4-3-5-9-24/h3-10,15-17H,11-14,18-19H2,1-2H3,(H,29,32). The van der Waals surface area contributed by atoms with Crippen molar-refractivity contribution in [1.82, 2.24) is 14.8 Å². The van der Waals surface area contributed by atoms with Crippen molar-refractivity contribution in [1.29, 1.82) is 0 Å². The summed E-state index contributed by atoms with van der Waals surface area (Å²) in [4.78, 5) is 33.5. The number of anilines is 1. The number of carbonyl (C=O) groups excluding carboxylic acids is 2. The maximum Gasteiger partial charge on any atom is 0.253 e. The Hall–Kier alpha value is -3.71. The quantitative estimate of drug-likeness (QED) is 0.585. The molecule has 1 saturated heterocycles. The monoisotopic (exact) mass is 458 g/mol. The number of hydrogen-bond donors (Lipinski definition) is 1. The van der Waals surface area contributed by atoms with E-state index in [1.165, 1.54) is 0 Å². The number of pyridine rings is 1. The van der Waals surface area contributed by atoms with Crippen LogP contribution in [0.4, 0.5) is 5.69 Å². The Morgan fingerprint density at radius 3 is 2.32 bits per heavy atom. The normalized spacial score (nSPS) is 14.0. The van der Waals surface area contributed by atoms with E-state index in [9.17, 15) is 9.59 Å². The molecule has 34 heavy (non-hydrogen) atoms. The third-order valence-electron chi connectivity index (χ3n) is 5.90. The molecule has 2 heterocycles. The number of rotatable bonds is 7. The van der Waals surface area contributed by atoms with Crippen LogP contribution in [-0.2, 0) is 11.4 Å². The van der Waals surface area contributed by atoms with Crippen LogP contribution < -0.4 is 10.1 Å². The van der Waals surface area contributed by atoms with E-state index >= 15 is 0 Å². The molecule has 7 heteroatoms. The molecule has 0 atom stereocenters. The number of benzene rings is 2. The van der Waals surface area contributed by atoms with Crippen molar-refractivity contribution >= 4 is 17.5 Å². The Morgan fingerprint density at radius 2 is 1.68 bits per heavy atom. The zero-order valence-electron chi connectivity index (χ0n) is 19.7. The Bertz CT molecular complexity index is 1100. The molecule has 4 rings (SSSR count). The first-order valence-electron chi connectivity index (χ1n) is 11.5. The summed E-state index contributed by atoms with van der Waals surface area (Å²) in [6, 6.07) is 17.1. The van der Waals surface area contributed by atoms with Gasteiger partial charge in [-0.2, -0.15) is 0 Å². The fourth-order valence-corrected chi connectivity index (χ4v) is 4.16. The third-order valence-corrected chi connectivity index (χ3v) is 5.90. The van der Waals surface area contributed by atoms with Gasteiger partial charge < -0.3 is 15.0 Å². The Balaban J connectivity index is 1.30. The van der Waals surface area contributed by atoms with Crippen LogP contribution in [-0.4, -0.2) is 59.3 Å². The smallest absolute Gasteiger partial charge is 0.253 e. The number of ether oxygens (including phenoxy) is 1. The number of carbonyl (C=O) groups is 2. The summed E-state index contributed by atoms with van der Waals surface area (Å²) >= 11 is 0. The van der Waals surface area contributed by atoms with Crippen molar-refractivity contribution in [3.63, 3.8) is 0 Å². The summed E-state index contributed by atoms with van der Waals surface area (Å²) in [7, 11) is 0. The highest BCUT2D eigenvalue weighted by atomic mass is 16.5. The molecule has 1 aliphatic rings. The molecule has 2 aromatic carbocycles. The first kappa shape index (κ1) is 23.4. The molecule has 0 unspecified atom stereocenters. The van der Waals surface area contributed by atoms with Crippen molar-refractivity contribution in [3.8, 4) is 5.75 Å². The number of aryl methyl sites for hydroxylation is 2. The predicted molar refractivity (Wildman–Crippen MR) is 132 cm³/mol. The molecule has 3 aromatic rings. The number of nitrogens with zero attached hydrogens (tertiary/aromatic N) is 3. The maximum absolute atomic E-state index is 13.1. The second-order valence-electron chi connectivity index (χ2n) is 8.57. The molecule has 0 aliphatic carbocycles. The van der Waals surface area contributed by atoms with Gasteiger partial charge in [0.05, 0.1) is 6.54 Å². The van der Waals surface area contributed by atoms with Crippen LogP contribution in [0.15, 0.2) is 67.0 Å². The minimum absolute atomic E-state index is 0.0124. The van der Waals surface area contributed by atoms with Gasteiger partial charge in [-0.15, -0.1) is 0 Å². The van der Waals surface area contributed by atoms with Gasteiger partial charge in [0.25, 0.3) is 5.91 Å². The lowest BCUT2D eigenvalue weighted by atomic mass is 10.0. The molecule has 1 aromatic heterocycles. The van der Waals surface area contributed by atoms with Gasteiger partial charge in [-0.3, -0.25) is 19.5 Å². The highest BCUT2D eigenvalue weighted by Gasteiger charge is 2.24. The van der Waals surface area contributed by atoms with Gasteiger partial charge in [0.15, 0.2) is 0 Å². The number of amides is 2. The SMILES string of the molecule is Cc1cc(C(=O)N2CCN(CC(=O)Nc3ccccc3)CC2)cc(C)c1OCc1cccnc1. The maximum atomic E-state index is 13.1. The van der Waals surface area contributed by atoms with E-state index in [1.54, 1.807) is 12.4 Å². The average Bonchev–Trinajstić information content (AvgIpc) is 2.84. The highest BCUT2D eigenvalue weighted by molar-refractivity contribution is 5.95. The van der Waals surface area contributed by atoms with Crippen LogP contribution in [0.25, 0.3) is 0 Å². The number of aromatic nitrogens is 1. The molecule has 1 fully saturated rings. The Morgan fingerprint density at radius 1 is 0.971 bits per heavy atom. The van der Waals surface area contributed by atoms with Crippen LogP contribution in [0.2, 0.25) is 0 Å². The lowest BCUT2D eigenvalue weighted by Gasteiger charge is -2.34. The second-order valence-corrected chi connectivity index (χ2v) is 8.57. The summed E-state index contributed by atoms with van der Waals surface area (Å²) in [5, 5.41) is 2.91. The summed E-state index contributed by atoms with van der Waals surface area (Å²) in [5.41, 5.74) is 4.32. The average molecular weight is 459 g/mol. The van der Waals surface area contributed by atoms with Crippen LogP contribution in [0, 0.1) is 13.8 Å². The second kappa shape index (κ2) is 10.9. The lowest BCUT2D eigenvalue weighted by molar-refractivity contribution is -0.117. The van der Waals surface area contributed by atoms with Gasteiger partial charge in [0.2, 0.25) is 5.91 Å². The minimum atomic E-state index is -0.0425. The molecule has 0 bridgehead atoms. The molecular formula is C27H30N4O3. The third kappa shape index (κ3) is 5.99. The Kier molecular flexibility index (Phi) is 7.54. The van der Waals surface area contributed by atoms with E-state index < -0.39 is 0 Å². The van der Waals surface area contributed by atoms with Crippen molar-refractivity contribution in [3.05, 3.63) is 89.2 Å². The topological polar surface area (TPSA) is 74.8 Å². The summed E-state index contributed by atoms with van der Waals surface area (Å²) in [6.45, 7) is 7.19. The minimum Gasteiger partial charge on any atom is -0.488 e. The molecule has 0 radical (unpaired) electrons. The van der Waals surface area contributed by atoms with Gasteiger partial charge in [0, 0.05) is 55.4 Å². The molecule has 176 valence electrons. The first-order chi connectivity index (χ1) is 16.5. The molecule has 1 N–H and O–H groups in total. The molecule has 1 aliphatic heterocycles. The van der Waals surface area contributed by atoms with Crippen molar-refractivity contribution in [2.75, 3.05) is 38.0 Å². The van der Waals surface area contributed by atoms with E-state index in [0.717, 1.165) is 28.1 Å². The molecule has 7 nitrogen and oxygen atoms in total. The van der Waals surface area contributed by atoms with E-state index in [4.69, 9.17) is 4.74 Å². The summed E-state index contributed by atoms with van der Waals surface area (Å²) in [6.07, 6.45) is 3.52. The van der Waals surface area contributed by atoms with Crippen molar-refractivity contribution in [2.45, 2.75) is 20.5 Å². The number of piperazine rings is 1. The van der Waals surface area contributed by atoms with Gasteiger partial charge in [-0.25, -0.2) is 0 Å². The van der Waals surface area contributed by atoms with E-state index in [0.29, 0.717) is 44.9 Å². The van der Waals surface area contributed by atoms with E-state index in [-0.39, 0.29) is 11.8 Å². The molecule has 0 spiro atoms. The van der Waals surface area contributed by atoms with E-state index in [2.05, 4.69) is 15.2 Å². The van der Waals surface area contributed by atoms with Gasteiger partial charge in [0.1, 0.15) is 12.4 Å². The zero-order valence-corrected chi connectivity index (χ0v) is 19.7. The fraction of sp³-hybridized carbons (Fsp3) is 0.296.